The molecule has 5 nitrogen and oxygen atoms in total. The summed E-state index contributed by atoms with van der Waals surface area (Å²) in [6.07, 6.45) is -0.224. The third kappa shape index (κ3) is 9.94. The number of nitrogens with two attached hydrogens (primary N) is 1. The summed E-state index contributed by atoms with van der Waals surface area (Å²) >= 11 is 0. The van der Waals surface area contributed by atoms with Gasteiger partial charge in [-0.05, 0) is 6.42 Å². The second-order valence-electron chi connectivity index (χ2n) is 1.88. The summed E-state index contributed by atoms with van der Waals surface area (Å²) in [4.78, 5) is 19.9. The Labute approximate surface area is 90.6 Å². The van der Waals surface area contributed by atoms with Gasteiger partial charge in [-0.2, -0.15) is 0 Å². The van der Waals surface area contributed by atoms with Crippen LogP contribution in [0.1, 0.15) is 12.8 Å². The number of rotatable bonds is 4. The van der Waals surface area contributed by atoms with Crippen molar-refractivity contribution in [3.8, 4) is 0 Å². The topological polar surface area (TPSA) is 101 Å². The molecule has 1 unspecified atom stereocenters. The van der Waals surface area contributed by atoms with Crippen LogP contribution in [0.5, 0.6) is 0 Å². The molecule has 1 atom stereocenters. The molecule has 0 fully saturated rings. The quantitative estimate of drug-likeness (QED) is 0.586. The predicted molar refractivity (Wildman–Crippen MR) is 32.5 cm³/mol. The van der Waals surface area contributed by atoms with E-state index in [0.717, 1.165) is 0 Å². The molecule has 0 heterocycles. The third-order valence-corrected chi connectivity index (χ3v) is 0.986. The molecule has 0 aliphatic heterocycles. The monoisotopic (exact) mass is 273 g/mol. The van der Waals surface area contributed by atoms with Gasteiger partial charge in [-0.25, -0.2) is 0 Å². The maximum absolute atomic E-state index is 9.99. The Balaban J connectivity index is -0.000000405. The minimum Gasteiger partial charge on any atom is -0.481 e. The summed E-state index contributed by atoms with van der Waals surface area (Å²) in [5.41, 5.74) is 5.00. The Morgan fingerprint density at radius 2 is 1.67 bits per heavy atom. The summed E-state index contributed by atoms with van der Waals surface area (Å²) in [6.45, 7) is 0. The smallest absolute Gasteiger partial charge is 0.320 e. The van der Waals surface area contributed by atoms with Crippen molar-refractivity contribution in [1.29, 1.82) is 0 Å². The Morgan fingerprint density at radius 1 is 1.25 bits per heavy atom. The van der Waals surface area contributed by atoms with Crippen molar-refractivity contribution in [3.05, 3.63) is 0 Å². The first-order valence-electron chi connectivity index (χ1n) is 2.74. The molecule has 0 amide bonds. The van der Waals surface area contributed by atoms with Gasteiger partial charge in [0.1, 0.15) is 6.04 Å². The average molecular weight is 274 g/mol. The molecule has 0 aromatic carbocycles. The van der Waals surface area contributed by atoms with Crippen LogP contribution in [-0.2, 0) is 43.7 Å². The summed E-state index contributed by atoms with van der Waals surface area (Å²) in [5.74, 6) is -2.20. The second-order valence-corrected chi connectivity index (χ2v) is 1.88. The molecule has 7 heteroatoms. The molecule has 4 N–H and O–H groups in total. The van der Waals surface area contributed by atoms with Crippen molar-refractivity contribution in [2.24, 2.45) is 5.73 Å². The van der Waals surface area contributed by atoms with E-state index in [4.69, 9.17) is 15.9 Å². The van der Waals surface area contributed by atoms with E-state index in [1.165, 1.54) is 0 Å². The first-order valence-corrected chi connectivity index (χ1v) is 2.74. The van der Waals surface area contributed by atoms with Crippen molar-refractivity contribution < 1.29 is 53.9 Å². The minimum atomic E-state index is -1.17. The normalized spacial score (nSPS) is 10.4. The zero-order valence-corrected chi connectivity index (χ0v) is 7.77. The minimum absolute atomic E-state index is 0. The molecular weight excluding hydrogens is 265 g/mol. The van der Waals surface area contributed by atoms with E-state index in [1.54, 1.807) is 0 Å². The van der Waals surface area contributed by atoms with Gasteiger partial charge in [-0.15, -0.1) is 0 Å². The van der Waals surface area contributed by atoms with E-state index < -0.39 is 18.0 Å². The number of hydrogen-bond donors (Lipinski definition) is 3. The number of carboxylic acids is 2. The summed E-state index contributed by atoms with van der Waals surface area (Å²) in [6, 6.07) is -1.06. The van der Waals surface area contributed by atoms with Crippen LogP contribution in [0.3, 0.4) is 0 Å². The van der Waals surface area contributed by atoms with Crippen molar-refractivity contribution in [1.82, 2.24) is 0 Å². The zero-order chi connectivity index (χ0) is 8.15. The maximum atomic E-state index is 9.99. The first-order chi connectivity index (χ1) is 4.54. The fraction of sp³-hybridized carbons (Fsp3) is 0.600. The van der Waals surface area contributed by atoms with Gasteiger partial charge in [0.05, 0.1) is 0 Å². The number of aliphatic carboxylic acids is 2. The van der Waals surface area contributed by atoms with Crippen LogP contribution < -0.4 is 5.73 Å². The van der Waals surface area contributed by atoms with Gasteiger partial charge in [-0.3, -0.25) is 9.59 Å². The molecule has 0 saturated heterocycles. The first kappa shape index (κ1) is 17.9. The van der Waals surface area contributed by atoms with E-state index in [9.17, 15) is 9.59 Å². The van der Waals surface area contributed by atoms with Crippen molar-refractivity contribution in [2.45, 2.75) is 18.9 Å². The van der Waals surface area contributed by atoms with Crippen LogP contribution in [0, 0.1) is 0 Å². The van der Waals surface area contributed by atoms with E-state index in [2.05, 4.69) is 0 Å². The number of carbonyl (C=O) groups is 2. The van der Waals surface area contributed by atoms with Gasteiger partial charge in [-0.1, -0.05) is 0 Å². The molecule has 0 aromatic rings. The molecule has 0 spiro atoms. The Hall–Kier alpha value is -0.0610. The standard InChI is InChI=1S/C5H9NO4.2Cu/c6-3(5(9)10)1-2-4(7)8;;/h3H,1-2,6H2,(H,7,8)(H,9,10);;. The van der Waals surface area contributed by atoms with Crippen LogP contribution in [0.25, 0.3) is 0 Å². The molecule has 2 radical (unpaired) electrons. The maximum Gasteiger partial charge on any atom is 0.320 e. The van der Waals surface area contributed by atoms with Gasteiger partial charge in [0.15, 0.2) is 0 Å². The van der Waals surface area contributed by atoms with E-state index in [-0.39, 0.29) is 47.0 Å². The van der Waals surface area contributed by atoms with Gasteiger partial charge < -0.3 is 15.9 Å². The van der Waals surface area contributed by atoms with E-state index in [1.807, 2.05) is 0 Å². The summed E-state index contributed by atoms with van der Waals surface area (Å²) in [7, 11) is 0. The van der Waals surface area contributed by atoms with E-state index >= 15 is 0 Å². The zero-order valence-electron chi connectivity index (χ0n) is 5.88. The largest absolute Gasteiger partial charge is 0.481 e. The van der Waals surface area contributed by atoms with Crippen LogP contribution in [-0.4, -0.2) is 28.2 Å². The van der Waals surface area contributed by atoms with Gasteiger partial charge in [0.2, 0.25) is 0 Å². The van der Waals surface area contributed by atoms with Crippen molar-refractivity contribution in [2.75, 3.05) is 0 Å². The van der Waals surface area contributed by atoms with Crippen LogP contribution in [0.15, 0.2) is 0 Å². The molecule has 0 aromatic heterocycles. The SMILES string of the molecule is NC(CCC(=O)O)C(=O)O.[Cu].[Cu]. The van der Waals surface area contributed by atoms with Gasteiger partial charge in [0, 0.05) is 40.6 Å². The van der Waals surface area contributed by atoms with Gasteiger partial charge >= 0.3 is 11.9 Å². The summed E-state index contributed by atoms with van der Waals surface area (Å²) in [5, 5.41) is 16.3. The third-order valence-electron chi connectivity index (χ3n) is 0.986. The second kappa shape index (κ2) is 9.03. The van der Waals surface area contributed by atoms with Crippen molar-refractivity contribution >= 4 is 11.9 Å². The number of hydrogen-bond acceptors (Lipinski definition) is 3. The van der Waals surface area contributed by atoms with E-state index in [0.29, 0.717) is 0 Å². The Morgan fingerprint density at radius 3 is 1.92 bits per heavy atom. The summed E-state index contributed by atoms with van der Waals surface area (Å²) < 4.78 is 0. The molecule has 0 aliphatic rings. The molecule has 0 bridgehead atoms. The van der Waals surface area contributed by atoms with Gasteiger partial charge in [0.25, 0.3) is 0 Å². The molecule has 80 valence electrons. The average Bonchev–Trinajstić information content (AvgIpc) is 1.82. The fourth-order valence-corrected chi connectivity index (χ4v) is 0.402. The molecule has 0 rings (SSSR count). The predicted octanol–water partition coefficient (Wildman–Crippen LogP) is -0.742. The number of carboxylic acid groups (broad SMARTS) is 2. The van der Waals surface area contributed by atoms with Crippen molar-refractivity contribution in [3.63, 3.8) is 0 Å². The van der Waals surface area contributed by atoms with Crippen LogP contribution in [0.4, 0.5) is 0 Å². The molecule has 0 aliphatic carbocycles. The molecule has 12 heavy (non-hydrogen) atoms. The molecule has 0 saturated carbocycles. The van der Waals surface area contributed by atoms with Crippen LogP contribution in [0.2, 0.25) is 0 Å². The fourth-order valence-electron chi connectivity index (χ4n) is 0.402. The molecular formula is C5H9Cu2NO4. The Bertz CT molecular complexity index is 152. The Kier molecular flexibility index (Phi) is 13.5. The van der Waals surface area contributed by atoms with Crippen LogP contribution >= 0.6 is 0 Å².